The number of nitrogens with zero attached hydrogens (tertiary/aromatic N) is 1. The second kappa shape index (κ2) is 3.79. The predicted molar refractivity (Wildman–Crippen MR) is 56.2 cm³/mol. The molecule has 2 heteroatoms. The van der Waals surface area contributed by atoms with Crippen molar-refractivity contribution >= 4 is 6.72 Å². The molecule has 13 heavy (non-hydrogen) atoms. The Labute approximate surface area is 80.8 Å². The third kappa shape index (κ3) is 1.78. The highest BCUT2D eigenvalue weighted by atomic mass is 14.9. The summed E-state index contributed by atoms with van der Waals surface area (Å²) in [5.41, 5.74) is 0. The van der Waals surface area contributed by atoms with Crippen molar-refractivity contribution in [1.29, 1.82) is 0 Å². The molecule has 0 aromatic heterocycles. The minimum absolute atomic E-state index is 0.477. The number of fused-ring (bicyclic) bond motifs is 1. The highest BCUT2D eigenvalue weighted by molar-refractivity contribution is 5.24. The molecule has 1 aliphatic carbocycles. The summed E-state index contributed by atoms with van der Waals surface area (Å²) in [6, 6.07) is 0.477. The SMILES string of the molecule is C=NC(C)C1CC2CCNCC2C1. The first-order valence-electron chi connectivity index (χ1n) is 5.48. The molecule has 74 valence electrons. The second-order valence-electron chi connectivity index (χ2n) is 4.67. The molecule has 1 saturated heterocycles. The lowest BCUT2D eigenvalue weighted by Crippen LogP contribution is -2.33. The Morgan fingerprint density at radius 1 is 1.38 bits per heavy atom. The van der Waals surface area contributed by atoms with E-state index in [1.54, 1.807) is 0 Å². The van der Waals surface area contributed by atoms with Gasteiger partial charge in [-0.05, 0) is 63.7 Å². The van der Waals surface area contributed by atoms with Gasteiger partial charge < -0.3 is 5.32 Å². The monoisotopic (exact) mass is 180 g/mol. The van der Waals surface area contributed by atoms with Gasteiger partial charge in [0.25, 0.3) is 0 Å². The number of hydrogen-bond donors (Lipinski definition) is 1. The number of rotatable bonds is 2. The molecule has 4 unspecified atom stereocenters. The maximum absolute atomic E-state index is 4.16. The smallest absolute Gasteiger partial charge is 0.0492 e. The van der Waals surface area contributed by atoms with Crippen molar-refractivity contribution in [3.63, 3.8) is 0 Å². The minimum atomic E-state index is 0.477. The van der Waals surface area contributed by atoms with E-state index in [1.807, 2.05) is 0 Å². The molecule has 1 N–H and O–H groups in total. The molecule has 0 aromatic rings. The second-order valence-corrected chi connectivity index (χ2v) is 4.67. The summed E-state index contributed by atoms with van der Waals surface area (Å²) in [5, 5.41) is 3.49. The quantitative estimate of drug-likeness (QED) is 0.643. The molecule has 0 bridgehead atoms. The summed E-state index contributed by atoms with van der Waals surface area (Å²) >= 11 is 0. The van der Waals surface area contributed by atoms with Crippen LogP contribution in [0.1, 0.15) is 26.2 Å². The third-order valence-electron chi connectivity index (χ3n) is 3.95. The molecule has 2 aliphatic rings. The van der Waals surface area contributed by atoms with Crippen LogP contribution in [0.2, 0.25) is 0 Å². The van der Waals surface area contributed by atoms with Crippen molar-refractivity contribution in [2.24, 2.45) is 22.7 Å². The molecule has 1 saturated carbocycles. The number of nitrogens with one attached hydrogen (secondary N) is 1. The molecule has 2 rings (SSSR count). The Bertz CT molecular complexity index is 177. The molecular weight excluding hydrogens is 160 g/mol. The van der Waals surface area contributed by atoms with E-state index in [1.165, 1.54) is 32.4 Å². The number of hydrogen-bond acceptors (Lipinski definition) is 2. The van der Waals surface area contributed by atoms with Crippen LogP contribution < -0.4 is 5.32 Å². The minimum Gasteiger partial charge on any atom is -0.316 e. The summed E-state index contributed by atoms with van der Waals surface area (Å²) in [5.74, 6) is 2.73. The van der Waals surface area contributed by atoms with Gasteiger partial charge in [0.15, 0.2) is 0 Å². The van der Waals surface area contributed by atoms with Gasteiger partial charge in [-0.2, -0.15) is 0 Å². The van der Waals surface area contributed by atoms with Crippen LogP contribution in [0.25, 0.3) is 0 Å². The van der Waals surface area contributed by atoms with E-state index >= 15 is 0 Å². The van der Waals surface area contributed by atoms with E-state index in [0.717, 1.165) is 17.8 Å². The van der Waals surface area contributed by atoms with Gasteiger partial charge in [0.05, 0.1) is 0 Å². The van der Waals surface area contributed by atoms with Crippen molar-refractivity contribution < 1.29 is 0 Å². The van der Waals surface area contributed by atoms with E-state index in [9.17, 15) is 0 Å². The molecule has 4 atom stereocenters. The first-order chi connectivity index (χ1) is 6.31. The van der Waals surface area contributed by atoms with Crippen LogP contribution in [0.3, 0.4) is 0 Å². The fourth-order valence-corrected chi connectivity index (χ4v) is 2.98. The largest absolute Gasteiger partial charge is 0.316 e. The van der Waals surface area contributed by atoms with E-state index in [4.69, 9.17) is 0 Å². The Hall–Kier alpha value is -0.370. The van der Waals surface area contributed by atoms with Crippen LogP contribution >= 0.6 is 0 Å². The summed E-state index contributed by atoms with van der Waals surface area (Å²) in [6.07, 6.45) is 4.15. The molecule has 2 fully saturated rings. The van der Waals surface area contributed by atoms with Crippen molar-refractivity contribution in [3.8, 4) is 0 Å². The fraction of sp³-hybridized carbons (Fsp3) is 0.909. The molecule has 0 amide bonds. The average molecular weight is 180 g/mol. The van der Waals surface area contributed by atoms with E-state index in [-0.39, 0.29) is 0 Å². The van der Waals surface area contributed by atoms with Crippen LogP contribution in [0.4, 0.5) is 0 Å². The summed E-state index contributed by atoms with van der Waals surface area (Å²) in [6.45, 7) is 8.33. The highest BCUT2D eigenvalue weighted by Gasteiger charge is 2.37. The van der Waals surface area contributed by atoms with E-state index in [0.29, 0.717) is 6.04 Å². The lowest BCUT2D eigenvalue weighted by atomic mass is 9.90. The van der Waals surface area contributed by atoms with Gasteiger partial charge >= 0.3 is 0 Å². The van der Waals surface area contributed by atoms with Gasteiger partial charge in [-0.3, -0.25) is 4.99 Å². The maximum atomic E-state index is 4.16. The van der Waals surface area contributed by atoms with Gasteiger partial charge in [0, 0.05) is 6.04 Å². The predicted octanol–water partition coefficient (Wildman–Crippen LogP) is 1.71. The first kappa shape index (κ1) is 9.20. The molecular formula is C11H20N2. The summed E-state index contributed by atoms with van der Waals surface area (Å²) in [4.78, 5) is 4.16. The van der Waals surface area contributed by atoms with Crippen LogP contribution in [0.5, 0.6) is 0 Å². The van der Waals surface area contributed by atoms with E-state index < -0.39 is 0 Å². The van der Waals surface area contributed by atoms with Gasteiger partial charge in [-0.1, -0.05) is 0 Å². The molecule has 1 aliphatic heterocycles. The average Bonchev–Trinajstić information content (AvgIpc) is 2.59. The number of aliphatic imine (C=N–C) groups is 1. The summed E-state index contributed by atoms with van der Waals surface area (Å²) < 4.78 is 0. The van der Waals surface area contributed by atoms with Crippen molar-refractivity contribution in [3.05, 3.63) is 0 Å². The van der Waals surface area contributed by atoms with Crippen LogP contribution in [0, 0.1) is 17.8 Å². The van der Waals surface area contributed by atoms with Gasteiger partial charge in [-0.15, -0.1) is 0 Å². The lowest BCUT2D eigenvalue weighted by Gasteiger charge is -2.25. The van der Waals surface area contributed by atoms with Gasteiger partial charge in [0.1, 0.15) is 0 Å². The Balaban J connectivity index is 1.94. The third-order valence-corrected chi connectivity index (χ3v) is 3.95. The van der Waals surface area contributed by atoms with Crippen LogP contribution in [-0.2, 0) is 0 Å². The van der Waals surface area contributed by atoms with Crippen LogP contribution in [-0.4, -0.2) is 25.8 Å². The van der Waals surface area contributed by atoms with Crippen molar-refractivity contribution in [1.82, 2.24) is 5.32 Å². The molecule has 1 heterocycles. The zero-order valence-electron chi connectivity index (χ0n) is 8.50. The standard InChI is InChI=1S/C11H20N2/c1-8(12-2)10-5-9-3-4-13-7-11(9)6-10/h8-11,13H,2-7H2,1H3. The molecule has 0 radical (unpaired) electrons. The maximum Gasteiger partial charge on any atom is 0.0492 e. The Morgan fingerprint density at radius 2 is 2.15 bits per heavy atom. The number of piperidine rings is 1. The normalized spacial score (nSPS) is 41.2. The Kier molecular flexibility index (Phi) is 2.68. The lowest BCUT2D eigenvalue weighted by molar-refractivity contribution is 0.295. The zero-order chi connectivity index (χ0) is 9.26. The first-order valence-corrected chi connectivity index (χ1v) is 5.48. The van der Waals surface area contributed by atoms with Crippen molar-refractivity contribution in [2.75, 3.05) is 13.1 Å². The van der Waals surface area contributed by atoms with Crippen LogP contribution in [0.15, 0.2) is 4.99 Å². The zero-order valence-corrected chi connectivity index (χ0v) is 8.50. The Morgan fingerprint density at radius 3 is 2.85 bits per heavy atom. The van der Waals surface area contributed by atoms with Crippen molar-refractivity contribution in [2.45, 2.75) is 32.2 Å². The van der Waals surface area contributed by atoms with Gasteiger partial charge in [-0.25, -0.2) is 0 Å². The molecule has 2 nitrogen and oxygen atoms in total. The fourth-order valence-electron chi connectivity index (χ4n) is 2.98. The van der Waals surface area contributed by atoms with E-state index in [2.05, 4.69) is 24.0 Å². The highest BCUT2D eigenvalue weighted by Crippen LogP contribution is 2.41. The topological polar surface area (TPSA) is 24.4 Å². The molecule has 0 spiro atoms. The molecule has 0 aromatic carbocycles. The van der Waals surface area contributed by atoms with Gasteiger partial charge in [0.2, 0.25) is 0 Å². The summed E-state index contributed by atoms with van der Waals surface area (Å²) in [7, 11) is 0.